The lowest BCUT2D eigenvalue weighted by Crippen LogP contribution is -2.03. The van der Waals surface area contributed by atoms with Crippen LogP contribution in [0, 0.1) is 5.82 Å². The van der Waals surface area contributed by atoms with Gasteiger partial charge < -0.3 is 9.30 Å². The number of benzene rings is 4. The molecule has 29 heavy (non-hydrogen) atoms. The van der Waals surface area contributed by atoms with Gasteiger partial charge in [0.15, 0.2) is 0 Å². The molecule has 0 saturated carbocycles. The first-order chi connectivity index (χ1) is 14.2. The summed E-state index contributed by atoms with van der Waals surface area (Å²) in [7, 11) is 1.63. The summed E-state index contributed by atoms with van der Waals surface area (Å²) in [4.78, 5) is 4.75. The van der Waals surface area contributed by atoms with Gasteiger partial charge in [-0.2, -0.15) is 0 Å². The van der Waals surface area contributed by atoms with Crippen molar-refractivity contribution in [2.45, 2.75) is 6.54 Å². The highest BCUT2D eigenvalue weighted by atomic mass is 19.1. The Kier molecular flexibility index (Phi) is 4.24. The third-order valence-corrected chi connectivity index (χ3v) is 5.22. The van der Waals surface area contributed by atoms with Crippen molar-refractivity contribution in [3.63, 3.8) is 0 Å². The lowest BCUT2D eigenvalue weighted by molar-refractivity contribution is 0.415. The molecule has 0 spiro atoms. The molecule has 4 heteroatoms. The first-order valence-corrected chi connectivity index (χ1v) is 9.50. The highest BCUT2D eigenvalue weighted by Gasteiger charge is 2.16. The van der Waals surface area contributed by atoms with Gasteiger partial charge in [-0.25, -0.2) is 9.37 Å². The summed E-state index contributed by atoms with van der Waals surface area (Å²) >= 11 is 0. The average molecular weight is 382 g/mol. The van der Waals surface area contributed by atoms with Crippen molar-refractivity contribution in [3.8, 4) is 17.1 Å². The van der Waals surface area contributed by atoms with Crippen LogP contribution in [0.3, 0.4) is 0 Å². The van der Waals surface area contributed by atoms with Crippen LogP contribution in [0.4, 0.5) is 4.39 Å². The first-order valence-electron chi connectivity index (χ1n) is 9.50. The van der Waals surface area contributed by atoms with E-state index in [1.165, 1.54) is 16.8 Å². The van der Waals surface area contributed by atoms with E-state index < -0.39 is 0 Å². The Balaban J connectivity index is 1.69. The standard InChI is InChI=1S/C25H19FN2O/c1-29-20-12-13-24-23(15-20)27-25(21-8-4-5-9-22(21)26)28(24)16-17-10-11-18-6-2-3-7-19(18)14-17/h2-15H,16H2,1H3. The molecule has 0 unspecified atom stereocenters. The number of imidazole rings is 1. The molecule has 1 aromatic heterocycles. The molecule has 0 aliphatic carbocycles. The van der Waals surface area contributed by atoms with Gasteiger partial charge in [0.1, 0.15) is 17.4 Å². The molecule has 0 N–H and O–H groups in total. The molecule has 0 saturated heterocycles. The minimum Gasteiger partial charge on any atom is -0.497 e. The van der Waals surface area contributed by atoms with Crippen LogP contribution in [0.2, 0.25) is 0 Å². The fourth-order valence-corrected chi connectivity index (χ4v) is 3.76. The third kappa shape index (κ3) is 3.13. The fraction of sp³-hybridized carbons (Fsp3) is 0.0800. The summed E-state index contributed by atoms with van der Waals surface area (Å²) in [6.07, 6.45) is 0. The van der Waals surface area contributed by atoms with E-state index in [1.54, 1.807) is 19.2 Å². The molecule has 0 bridgehead atoms. The summed E-state index contributed by atoms with van der Waals surface area (Å²) in [5, 5.41) is 2.38. The van der Waals surface area contributed by atoms with Gasteiger partial charge in [-0.15, -0.1) is 0 Å². The highest BCUT2D eigenvalue weighted by Crippen LogP contribution is 2.30. The van der Waals surface area contributed by atoms with Crippen molar-refractivity contribution in [2.24, 2.45) is 0 Å². The minimum atomic E-state index is -0.283. The van der Waals surface area contributed by atoms with E-state index in [0.717, 1.165) is 22.3 Å². The number of methoxy groups -OCH3 is 1. The summed E-state index contributed by atoms with van der Waals surface area (Å²) in [6.45, 7) is 0.595. The Bertz CT molecular complexity index is 1340. The molecule has 4 aromatic carbocycles. The van der Waals surface area contributed by atoms with Crippen molar-refractivity contribution >= 4 is 21.8 Å². The van der Waals surface area contributed by atoms with Gasteiger partial charge >= 0.3 is 0 Å². The molecular weight excluding hydrogens is 363 g/mol. The maximum Gasteiger partial charge on any atom is 0.144 e. The van der Waals surface area contributed by atoms with E-state index in [2.05, 4.69) is 34.9 Å². The summed E-state index contributed by atoms with van der Waals surface area (Å²) in [6, 6.07) is 27.2. The van der Waals surface area contributed by atoms with Crippen LogP contribution in [0.25, 0.3) is 33.2 Å². The maximum atomic E-state index is 14.6. The van der Waals surface area contributed by atoms with Crippen molar-refractivity contribution < 1.29 is 9.13 Å². The number of hydrogen-bond donors (Lipinski definition) is 0. The van der Waals surface area contributed by atoms with Gasteiger partial charge in [0.2, 0.25) is 0 Å². The monoisotopic (exact) mass is 382 g/mol. The van der Waals surface area contributed by atoms with Gasteiger partial charge in [-0.3, -0.25) is 0 Å². The van der Waals surface area contributed by atoms with E-state index in [9.17, 15) is 4.39 Å². The lowest BCUT2D eigenvalue weighted by atomic mass is 10.1. The summed E-state index contributed by atoms with van der Waals surface area (Å²) in [5.74, 6) is 1.06. The van der Waals surface area contributed by atoms with E-state index in [0.29, 0.717) is 17.9 Å². The largest absolute Gasteiger partial charge is 0.497 e. The smallest absolute Gasteiger partial charge is 0.144 e. The van der Waals surface area contributed by atoms with Crippen molar-refractivity contribution in [3.05, 3.63) is 96.3 Å². The second kappa shape index (κ2) is 7.06. The van der Waals surface area contributed by atoms with Crippen LogP contribution in [0.1, 0.15) is 5.56 Å². The topological polar surface area (TPSA) is 27.1 Å². The molecular formula is C25H19FN2O. The Morgan fingerprint density at radius 1 is 0.862 bits per heavy atom. The number of ether oxygens (including phenoxy) is 1. The predicted octanol–water partition coefficient (Wildman–Crippen LogP) is 6.05. The van der Waals surface area contributed by atoms with Crippen LogP contribution in [0.15, 0.2) is 84.9 Å². The van der Waals surface area contributed by atoms with Crippen molar-refractivity contribution in [2.75, 3.05) is 7.11 Å². The zero-order valence-electron chi connectivity index (χ0n) is 16.0. The summed E-state index contributed by atoms with van der Waals surface area (Å²) < 4.78 is 22.0. The van der Waals surface area contributed by atoms with Gasteiger partial charge in [-0.1, -0.05) is 48.5 Å². The zero-order valence-corrected chi connectivity index (χ0v) is 16.0. The van der Waals surface area contributed by atoms with Gasteiger partial charge in [0, 0.05) is 12.6 Å². The molecule has 0 aliphatic heterocycles. The number of fused-ring (bicyclic) bond motifs is 2. The minimum absolute atomic E-state index is 0.283. The lowest BCUT2D eigenvalue weighted by Gasteiger charge is -2.11. The Hall–Kier alpha value is -3.66. The number of hydrogen-bond acceptors (Lipinski definition) is 2. The molecule has 0 radical (unpaired) electrons. The Morgan fingerprint density at radius 3 is 2.48 bits per heavy atom. The fourth-order valence-electron chi connectivity index (χ4n) is 3.76. The maximum absolute atomic E-state index is 14.6. The Labute approximate surface area is 168 Å². The van der Waals surface area contributed by atoms with E-state index in [4.69, 9.17) is 9.72 Å². The average Bonchev–Trinajstić information content (AvgIpc) is 3.11. The van der Waals surface area contributed by atoms with Crippen LogP contribution in [0.5, 0.6) is 5.75 Å². The molecule has 0 atom stereocenters. The number of aromatic nitrogens is 2. The number of halogens is 1. The third-order valence-electron chi connectivity index (χ3n) is 5.22. The molecule has 142 valence electrons. The SMILES string of the molecule is COc1ccc2c(c1)nc(-c1ccccc1F)n2Cc1ccc2ccccc2c1. The number of nitrogens with zero attached hydrogens (tertiary/aromatic N) is 2. The molecule has 1 heterocycles. The van der Waals surface area contributed by atoms with Crippen LogP contribution >= 0.6 is 0 Å². The predicted molar refractivity (Wildman–Crippen MR) is 115 cm³/mol. The second-order valence-corrected chi connectivity index (χ2v) is 7.04. The van der Waals surface area contributed by atoms with E-state index >= 15 is 0 Å². The molecule has 3 nitrogen and oxygen atoms in total. The first kappa shape index (κ1) is 17.4. The van der Waals surface area contributed by atoms with Crippen molar-refractivity contribution in [1.82, 2.24) is 9.55 Å². The van der Waals surface area contributed by atoms with E-state index in [1.807, 2.05) is 36.4 Å². The van der Waals surface area contributed by atoms with Crippen LogP contribution in [-0.4, -0.2) is 16.7 Å². The molecule has 0 fully saturated rings. The van der Waals surface area contributed by atoms with Crippen LogP contribution < -0.4 is 4.74 Å². The van der Waals surface area contributed by atoms with Gasteiger partial charge in [0.05, 0.1) is 23.7 Å². The quantitative estimate of drug-likeness (QED) is 0.378. The molecule has 0 aliphatic rings. The van der Waals surface area contributed by atoms with Crippen LogP contribution in [-0.2, 0) is 6.54 Å². The molecule has 5 rings (SSSR count). The number of rotatable bonds is 4. The zero-order chi connectivity index (χ0) is 19.8. The molecule has 5 aromatic rings. The molecule has 0 amide bonds. The Morgan fingerprint density at radius 2 is 1.66 bits per heavy atom. The second-order valence-electron chi connectivity index (χ2n) is 7.04. The van der Waals surface area contributed by atoms with Gasteiger partial charge in [-0.05, 0) is 46.7 Å². The highest BCUT2D eigenvalue weighted by molar-refractivity contribution is 5.84. The normalized spacial score (nSPS) is 11.2. The van der Waals surface area contributed by atoms with Gasteiger partial charge in [0.25, 0.3) is 0 Å². The van der Waals surface area contributed by atoms with E-state index in [-0.39, 0.29) is 5.82 Å². The summed E-state index contributed by atoms with van der Waals surface area (Å²) in [5.41, 5.74) is 3.35. The van der Waals surface area contributed by atoms with Crippen molar-refractivity contribution in [1.29, 1.82) is 0 Å².